The summed E-state index contributed by atoms with van der Waals surface area (Å²) in [7, 11) is 0. The zero-order valence-electron chi connectivity index (χ0n) is 70.9. The van der Waals surface area contributed by atoms with Gasteiger partial charge in [-0.25, -0.2) is 29.3 Å². The molecule has 3 saturated heterocycles. The molecule has 0 saturated carbocycles. The van der Waals surface area contributed by atoms with E-state index in [-0.39, 0.29) is 35.8 Å². The Kier molecular flexibility index (Phi) is 27.5. The topological polar surface area (TPSA) is 261 Å². The monoisotopic (exact) mass is 1730 g/mol. The van der Waals surface area contributed by atoms with Gasteiger partial charge in [0.05, 0.1) is 52.0 Å². The summed E-state index contributed by atoms with van der Waals surface area (Å²) in [5.74, 6) is 4.42. The Morgan fingerprint density at radius 3 is 1.03 bits per heavy atom. The van der Waals surface area contributed by atoms with Crippen molar-refractivity contribution < 1.29 is 14.4 Å². The van der Waals surface area contributed by atoms with Gasteiger partial charge in [0, 0.05) is 165 Å². The van der Waals surface area contributed by atoms with Gasteiger partial charge in [-0.3, -0.25) is 15.0 Å². The van der Waals surface area contributed by atoms with Crippen molar-refractivity contribution in [3.8, 4) is 18.2 Å². The summed E-state index contributed by atoms with van der Waals surface area (Å²) in [6, 6.07) is 58.3. The second-order valence-corrected chi connectivity index (χ2v) is 34.5. The van der Waals surface area contributed by atoms with E-state index in [1.54, 1.807) is 72.8 Å². The number of benzene rings is 6. The summed E-state index contributed by atoms with van der Waals surface area (Å²) in [6.45, 7) is 12.8. The Labute approximate surface area is 750 Å². The first kappa shape index (κ1) is 86.3. The fourth-order valence-corrected chi connectivity index (χ4v) is 19.5. The Balaban J connectivity index is 0.000000139. The molecule has 0 spiro atoms. The molecule has 21 nitrogen and oxygen atoms in total. The standard InChI is InChI=1S/3C34H33ClN6O/c1-23-37-15-19-40(23)16-3-4-26-20-27-21-28(35)8-11-30(27)32(33-31(26)5-2-14-38-33)25-12-17-41(18-13-25)34(42)39-29-9-6-24(22-36)7-10-29;2*1-23-37-15-19-40(23)16-3-5-26-20-27-4-2-14-38-33(27)32(30-11-8-28(35)21-31(26)30)25-12-17-41(18-13-25)34(42)39-29-9-6-24(22-36)7-10-29/h2,5-11,14-15,19-21,25,32H,3-4,12-13,16-18H2,1H3,(H,39,42);2*2,4,6-11,14-15,19-21,25,32H,3,5,12-13,16-18H2,1H3,(H,39,42). The van der Waals surface area contributed by atoms with Crippen LogP contribution >= 0.6 is 34.8 Å². The molecule has 0 radical (unpaired) electrons. The number of aromatic nitrogens is 9. The number of likely N-dealkylation sites (tertiary alicyclic amines) is 3. The predicted octanol–water partition coefficient (Wildman–Crippen LogP) is 22.6. The first-order valence-electron chi connectivity index (χ1n) is 43.5. The lowest BCUT2D eigenvalue weighted by Gasteiger charge is -2.36. The van der Waals surface area contributed by atoms with E-state index < -0.39 is 0 Å². The van der Waals surface area contributed by atoms with Crippen LogP contribution in [0.4, 0.5) is 31.4 Å². The van der Waals surface area contributed by atoms with Gasteiger partial charge in [0.2, 0.25) is 0 Å². The molecule has 3 aliphatic heterocycles. The van der Waals surface area contributed by atoms with Gasteiger partial charge in [-0.15, -0.1) is 0 Å². The lowest BCUT2D eigenvalue weighted by Crippen LogP contribution is -2.42. The van der Waals surface area contributed by atoms with Crippen LogP contribution < -0.4 is 16.0 Å². The van der Waals surface area contributed by atoms with E-state index in [0.29, 0.717) is 90.8 Å². The molecule has 3 fully saturated rings. The van der Waals surface area contributed by atoms with E-state index in [2.05, 4.69) is 136 Å². The third-order valence-corrected chi connectivity index (χ3v) is 26.3. The largest absolute Gasteiger partial charge is 0.335 e. The molecule has 3 unspecified atom stereocenters. The first-order chi connectivity index (χ1) is 61.5. The number of nitrogens with one attached hydrogen (secondary N) is 3. The summed E-state index contributed by atoms with van der Waals surface area (Å²) in [5, 5.41) is 38.2. The van der Waals surface area contributed by atoms with E-state index in [9.17, 15) is 14.4 Å². The van der Waals surface area contributed by atoms with Gasteiger partial charge in [0.25, 0.3) is 0 Å². The Bertz CT molecular complexity index is 5790. The molecule has 18 rings (SSSR count). The number of rotatable bonds is 18. The number of allylic oxidation sites excluding steroid dienone is 3. The third-order valence-electron chi connectivity index (χ3n) is 25.6. The maximum Gasteiger partial charge on any atom is 0.321 e. The minimum absolute atomic E-state index is 0.109. The number of hydrogen-bond acceptors (Lipinski definition) is 12. The molecule has 9 heterocycles. The van der Waals surface area contributed by atoms with Crippen molar-refractivity contribution in [2.75, 3.05) is 55.2 Å². The van der Waals surface area contributed by atoms with Crippen LogP contribution in [0.2, 0.25) is 15.1 Å². The first-order valence-corrected chi connectivity index (χ1v) is 44.6. The molecule has 6 aromatic heterocycles. The molecule has 3 aliphatic carbocycles. The van der Waals surface area contributed by atoms with Gasteiger partial charge in [-0.2, -0.15) is 15.8 Å². The normalized spacial score (nSPS) is 16.5. The highest BCUT2D eigenvalue weighted by molar-refractivity contribution is 6.31. The highest BCUT2D eigenvalue weighted by Crippen LogP contribution is 2.50. The van der Waals surface area contributed by atoms with Gasteiger partial charge in [0.1, 0.15) is 17.5 Å². The predicted molar refractivity (Wildman–Crippen MR) is 498 cm³/mol. The molecule has 6 amide bonds. The van der Waals surface area contributed by atoms with Crippen molar-refractivity contribution in [1.29, 1.82) is 15.8 Å². The number of piperidine rings is 3. The second-order valence-electron chi connectivity index (χ2n) is 33.2. The smallest absolute Gasteiger partial charge is 0.321 e. The number of anilines is 3. The van der Waals surface area contributed by atoms with Crippen LogP contribution in [0.3, 0.4) is 0 Å². The van der Waals surface area contributed by atoms with Crippen molar-refractivity contribution >= 4 is 105 Å². The molecule has 6 aliphatic rings. The number of amides is 6. The Morgan fingerprint density at radius 1 is 0.365 bits per heavy atom. The molecule has 126 heavy (non-hydrogen) atoms. The van der Waals surface area contributed by atoms with Gasteiger partial charge in [-0.1, -0.05) is 77.3 Å². The van der Waals surface area contributed by atoms with E-state index in [1.807, 2.05) is 128 Å². The van der Waals surface area contributed by atoms with Gasteiger partial charge in [0.15, 0.2) is 0 Å². The number of hydrogen-bond donors (Lipinski definition) is 3. The lowest BCUT2D eigenvalue weighted by atomic mass is 9.76. The molecular formula is C102H99Cl3N18O3. The lowest BCUT2D eigenvalue weighted by molar-refractivity contribution is 0.177. The van der Waals surface area contributed by atoms with E-state index in [0.717, 1.165) is 163 Å². The second kappa shape index (κ2) is 40.2. The minimum Gasteiger partial charge on any atom is -0.335 e. The highest BCUT2D eigenvalue weighted by Gasteiger charge is 2.40. The number of fused-ring (bicyclic) bond motifs is 6. The molecule has 0 bridgehead atoms. The van der Waals surface area contributed by atoms with Crippen LogP contribution in [-0.2, 0) is 19.6 Å². The number of carbonyl (C=O) groups is 3. The number of halogens is 3. The quantitative estimate of drug-likeness (QED) is 0.0724. The minimum atomic E-state index is -0.109. The Hall–Kier alpha value is -13.2. The molecule has 3 atom stereocenters. The maximum absolute atomic E-state index is 13.1. The number of aryl methyl sites for hydroxylation is 6. The molecular weight excluding hydrogens is 1630 g/mol. The molecule has 3 N–H and O–H groups in total. The average Bonchev–Trinajstić information content (AvgIpc) is 1.68. The highest BCUT2D eigenvalue weighted by atomic mass is 35.5. The third kappa shape index (κ3) is 20.2. The Morgan fingerprint density at radius 2 is 0.683 bits per heavy atom. The van der Waals surface area contributed by atoms with E-state index in [1.165, 1.54) is 50.1 Å². The van der Waals surface area contributed by atoms with E-state index in [4.69, 9.17) is 65.5 Å². The SMILES string of the molecule is Cc1nccn1CCCC1=Cc2cc(Cl)ccc2C(C2CCN(C(=O)Nc3ccc(C#N)cc3)CC2)c2ncccc21.Cc1nccn1CCCC1=Cc2cccnc2C(C2CCN(C(=O)Nc3ccc(C#N)cc3)CC2)c2ccc(Cl)cc21.Cc1nccn1CCCC1=Cc2cccnc2C(C2CCN(C(=O)Nc3ccc(C#N)cc3)CC2)c2ccc(Cl)cc21. The van der Waals surface area contributed by atoms with Crippen LogP contribution in [0.1, 0.15) is 196 Å². The van der Waals surface area contributed by atoms with E-state index >= 15 is 0 Å². The number of urea groups is 3. The van der Waals surface area contributed by atoms with Crippen LogP contribution in [0.5, 0.6) is 0 Å². The zero-order valence-corrected chi connectivity index (χ0v) is 73.2. The molecule has 12 aromatic rings. The van der Waals surface area contributed by atoms with Crippen LogP contribution in [-0.4, -0.2) is 116 Å². The molecule has 24 heteroatoms. The number of carbonyl (C=O) groups excluding carboxylic acids is 3. The van der Waals surface area contributed by atoms with Crippen molar-refractivity contribution in [2.24, 2.45) is 17.8 Å². The molecule has 636 valence electrons. The zero-order chi connectivity index (χ0) is 87.2. The van der Waals surface area contributed by atoms with Crippen molar-refractivity contribution in [1.82, 2.24) is 58.3 Å². The van der Waals surface area contributed by atoms with Crippen molar-refractivity contribution in [3.63, 3.8) is 0 Å². The van der Waals surface area contributed by atoms with Crippen LogP contribution in [0.15, 0.2) is 220 Å². The number of imidazole rings is 3. The van der Waals surface area contributed by atoms with Crippen molar-refractivity contribution in [3.05, 3.63) is 336 Å². The van der Waals surface area contributed by atoms with Gasteiger partial charge < -0.3 is 44.4 Å². The number of nitriles is 3. The summed E-state index contributed by atoms with van der Waals surface area (Å²) in [6.07, 6.45) is 35.2. The summed E-state index contributed by atoms with van der Waals surface area (Å²) < 4.78 is 6.58. The van der Waals surface area contributed by atoms with Gasteiger partial charge >= 0.3 is 18.1 Å². The number of nitrogens with zero attached hydrogens (tertiary/aromatic N) is 15. The fraction of sp³-hybridized carbons (Fsp3) is 0.294. The van der Waals surface area contributed by atoms with Crippen LogP contribution in [0.25, 0.3) is 34.9 Å². The number of pyridine rings is 3. The van der Waals surface area contributed by atoms with Crippen LogP contribution in [0, 0.1) is 72.5 Å². The van der Waals surface area contributed by atoms with Crippen molar-refractivity contribution in [2.45, 2.75) is 135 Å². The summed E-state index contributed by atoms with van der Waals surface area (Å²) in [4.78, 5) is 72.8. The fourth-order valence-electron chi connectivity index (χ4n) is 19.0. The van der Waals surface area contributed by atoms with Gasteiger partial charge in [-0.05, 0) is 322 Å². The maximum atomic E-state index is 13.1. The summed E-state index contributed by atoms with van der Waals surface area (Å²) >= 11 is 19.7. The summed E-state index contributed by atoms with van der Waals surface area (Å²) in [5.41, 5.74) is 21.8. The average molecular weight is 1730 g/mol. The molecule has 6 aromatic carbocycles.